The smallest absolute Gasteiger partial charge is 0.346 e. The predicted molar refractivity (Wildman–Crippen MR) is 97.7 cm³/mol. The van der Waals surface area contributed by atoms with Gasteiger partial charge in [-0.2, -0.15) is 10.2 Å². The zero-order valence-corrected chi connectivity index (χ0v) is 15.4. The number of carbonyl (C=O) groups is 1. The van der Waals surface area contributed by atoms with Crippen LogP contribution in [0.15, 0.2) is 34.1 Å². The maximum absolute atomic E-state index is 12.2. The van der Waals surface area contributed by atoms with Gasteiger partial charge in [-0.3, -0.25) is 4.79 Å². The van der Waals surface area contributed by atoms with Gasteiger partial charge >= 0.3 is 5.69 Å². The van der Waals surface area contributed by atoms with E-state index in [2.05, 4.69) is 15.3 Å². The molecule has 0 aliphatic carbocycles. The number of nitrogens with one attached hydrogen (secondary N) is 2. The minimum Gasteiger partial charge on any atom is -0.349 e. The number of rotatable bonds is 6. The largest absolute Gasteiger partial charge is 0.349 e. The summed E-state index contributed by atoms with van der Waals surface area (Å²) in [4.78, 5) is 30.0. The number of nitriles is 1. The fourth-order valence-electron chi connectivity index (χ4n) is 2.28. The molecular weight excluding hydrogens is 360 g/mol. The zero-order valence-electron chi connectivity index (χ0n) is 13.8. The van der Waals surface area contributed by atoms with Crippen LogP contribution in [-0.4, -0.2) is 21.6 Å². The Bertz CT molecular complexity index is 858. The van der Waals surface area contributed by atoms with Gasteiger partial charge in [0.05, 0.1) is 11.8 Å². The molecule has 0 fully saturated rings. The van der Waals surface area contributed by atoms with Crippen LogP contribution in [0.5, 0.6) is 0 Å². The molecule has 1 heterocycles. The molecule has 0 radical (unpaired) electrons. The third kappa shape index (κ3) is 5.08. The molecule has 2 aromatic rings. The third-order valence-electron chi connectivity index (χ3n) is 3.55. The summed E-state index contributed by atoms with van der Waals surface area (Å²) >= 11 is 6.96. The molecule has 0 saturated carbocycles. The average molecular weight is 377 g/mol. The quantitative estimate of drug-likeness (QED) is 0.596. The molecule has 130 valence electrons. The van der Waals surface area contributed by atoms with Crippen LogP contribution in [0.4, 0.5) is 0 Å². The van der Waals surface area contributed by atoms with E-state index in [4.69, 9.17) is 11.6 Å². The first-order valence-corrected chi connectivity index (χ1v) is 8.99. The first kappa shape index (κ1) is 19.0. The zero-order chi connectivity index (χ0) is 18.4. The van der Waals surface area contributed by atoms with Gasteiger partial charge < -0.3 is 10.3 Å². The Kier molecular flexibility index (Phi) is 6.62. The first-order chi connectivity index (χ1) is 11.9. The second-order valence-corrected chi connectivity index (χ2v) is 6.73. The van der Waals surface area contributed by atoms with Gasteiger partial charge in [-0.1, -0.05) is 42.4 Å². The number of aromatic nitrogens is 2. The van der Waals surface area contributed by atoms with Crippen molar-refractivity contribution < 1.29 is 4.79 Å². The van der Waals surface area contributed by atoms with Crippen LogP contribution in [0.1, 0.15) is 36.2 Å². The topological polar surface area (TPSA) is 98.6 Å². The molecule has 1 amide bonds. The summed E-state index contributed by atoms with van der Waals surface area (Å²) < 4.78 is 0. The number of H-pyrrole nitrogens is 1. The average Bonchev–Trinajstić information content (AvgIpc) is 2.58. The van der Waals surface area contributed by atoms with E-state index in [0.717, 1.165) is 23.7 Å². The minimum atomic E-state index is -0.535. The van der Waals surface area contributed by atoms with Crippen molar-refractivity contribution in [1.29, 1.82) is 5.26 Å². The molecule has 0 spiro atoms. The summed E-state index contributed by atoms with van der Waals surface area (Å²) in [7, 11) is 0. The Balaban J connectivity index is 2.04. The molecule has 0 aliphatic heterocycles. The summed E-state index contributed by atoms with van der Waals surface area (Å²) in [6.45, 7) is 3.60. The highest BCUT2D eigenvalue weighted by Crippen LogP contribution is 2.22. The van der Waals surface area contributed by atoms with Gasteiger partial charge in [-0.25, -0.2) is 4.79 Å². The maximum Gasteiger partial charge on any atom is 0.346 e. The van der Waals surface area contributed by atoms with E-state index in [9.17, 15) is 14.9 Å². The molecule has 0 aliphatic rings. The SMILES string of the molecule is CCC(NC(=O)CSc1nc(=O)[nH]c(C)c1C#N)c1ccc(Cl)cc1. The molecule has 2 N–H and O–H groups in total. The molecule has 25 heavy (non-hydrogen) atoms. The predicted octanol–water partition coefficient (Wildman–Crippen LogP) is 2.96. The lowest BCUT2D eigenvalue weighted by molar-refractivity contribution is -0.119. The van der Waals surface area contributed by atoms with Gasteiger partial charge in [0.25, 0.3) is 0 Å². The van der Waals surface area contributed by atoms with E-state index in [0.29, 0.717) is 10.7 Å². The summed E-state index contributed by atoms with van der Waals surface area (Å²) in [5.74, 6) is -0.135. The van der Waals surface area contributed by atoms with E-state index in [-0.39, 0.29) is 28.3 Å². The van der Waals surface area contributed by atoms with Crippen LogP contribution in [0.3, 0.4) is 0 Å². The summed E-state index contributed by atoms with van der Waals surface area (Å²) in [6.07, 6.45) is 0.726. The standard InChI is InChI=1S/C17H17ClN4O2S/c1-3-14(11-4-6-12(18)7-5-11)21-15(23)9-25-16-13(8-19)10(2)20-17(24)22-16/h4-7,14H,3,9H2,1-2H3,(H,21,23)(H,20,22,24). The lowest BCUT2D eigenvalue weighted by Crippen LogP contribution is -2.29. The Morgan fingerprint density at radius 1 is 1.44 bits per heavy atom. The number of thioether (sulfide) groups is 1. The third-order valence-corrected chi connectivity index (χ3v) is 4.78. The van der Waals surface area contributed by atoms with Crippen LogP contribution >= 0.6 is 23.4 Å². The maximum atomic E-state index is 12.2. The van der Waals surface area contributed by atoms with E-state index in [1.807, 2.05) is 25.1 Å². The number of hydrogen-bond donors (Lipinski definition) is 2. The summed E-state index contributed by atoms with van der Waals surface area (Å²) in [6, 6.07) is 9.18. The van der Waals surface area contributed by atoms with E-state index in [1.165, 1.54) is 0 Å². The van der Waals surface area contributed by atoms with Gasteiger partial charge in [0.15, 0.2) is 0 Å². The van der Waals surface area contributed by atoms with Crippen molar-refractivity contribution in [3.8, 4) is 6.07 Å². The molecule has 2 rings (SSSR count). The van der Waals surface area contributed by atoms with Crippen LogP contribution in [0, 0.1) is 18.3 Å². The van der Waals surface area contributed by atoms with E-state index < -0.39 is 5.69 Å². The van der Waals surface area contributed by atoms with Crippen LogP contribution < -0.4 is 11.0 Å². The Morgan fingerprint density at radius 2 is 2.12 bits per heavy atom. The molecular formula is C17H17ClN4O2S. The van der Waals surface area contributed by atoms with Crippen molar-refractivity contribution in [3.63, 3.8) is 0 Å². The number of nitrogens with zero attached hydrogens (tertiary/aromatic N) is 2. The van der Waals surface area contributed by atoms with Crippen molar-refractivity contribution in [2.45, 2.75) is 31.3 Å². The van der Waals surface area contributed by atoms with Gasteiger partial charge in [0, 0.05) is 10.7 Å². The number of aryl methyl sites for hydroxylation is 1. The fraction of sp³-hybridized carbons (Fsp3) is 0.294. The van der Waals surface area contributed by atoms with Gasteiger partial charge in [0.1, 0.15) is 16.7 Å². The second-order valence-electron chi connectivity index (χ2n) is 5.33. The van der Waals surface area contributed by atoms with E-state index in [1.54, 1.807) is 19.1 Å². The normalized spacial score (nSPS) is 11.6. The van der Waals surface area contributed by atoms with Crippen LogP contribution in [-0.2, 0) is 4.79 Å². The number of benzene rings is 1. The van der Waals surface area contributed by atoms with Crippen molar-refractivity contribution >= 4 is 29.3 Å². The second kappa shape index (κ2) is 8.70. The highest BCUT2D eigenvalue weighted by atomic mass is 35.5. The monoisotopic (exact) mass is 376 g/mol. The summed E-state index contributed by atoms with van der Waals surface area (Å²) in [5.41, 5.74) is 1.15. The molecule has 0 bridgehead atoms. The van der Waals surface area contributed by atoms with Gasteiger partial charge in [-0.05, 0) is 31.0 Å². The lowest BCUT2D eigenvalue weighted by Gasteiger charge is -2.17. The summed E-state index contributed by atoms with van der Waals surface area (Å²) in [5, 5.41) is 13.0. The van der Waals surface area contributed by atoms with E-state index >= 15 is 0 Å². The number of carbonyl (C=O) groups excluding carboxylic acids is 1. The van der Waals surface area contributed by atoms with Crippen molar-refractivity contribution in [2.75, 3.05) is 5.75 Å². The molecule has 8 heteroatoms. The minimum absolute atomic E-state index is 0.0641. The van der Waals surface area contributed by atoms with Gasteiger partial charge in [0.2, 0.25) is 5.91 Å². The van der Waals surface area contributed by atoms with Crippen molar-refractivity contribution in [2.24, 2.45) is 0 Å². The van der Waals surface area contributed by atoms with Gasteiger partial charge in [-0.15, -0.1) is 0 Å². The number of halogens is 1. The van der Waals surface area contributed by atoms with Crippen LogP contribution in [0.2, 0.25) is 5.02 Å². The highest BCUT2D eigenvalue weighted by Gasteiger charge is 2.15. The number of hydrogen-bond acceptors (Lipinski definition) is 5. The highest BCUT2D eigenvalue weighted by molar-refractivity contribution is 8.00. The lowest BCUT2D eigenvalue weighted by atomic mass is 10.0. The molecule has 1 aromatic heterocycles. The molecule has 1 atom stereocenters. The Labute approximate surface area is 154 Å². The Morgan fingerprint density at radius 3 is 2.72 bits per heavy atom. The molecule has 6 nitrogen and oxygen atoms in total. The molecule has 1 aromatic carbocycles. The number of amides is 1. The van der Waals surface area contributed by atoms with Crippen molar-refractivity contribution in [3.05, 3.63) is 56.6 Å². The fourth-order valence-corrected chi connectivity index (χ4v) is 3.25. The molecule has 1 unspecified atom stereocenters. The molecule has 0 saturated heterocycles. The van der Waals surface area contributed by atoms with Crippen molar-refractivity contribution in [1.82, 2.24) is 15.3 Å². The Hall–Kier alpha value is -2.30. The number of aromatic amines is 1. The van der Waals surface area contributed by atoms with Crippen LogP contribution in [0.25, 0.3) is 0 Å². The first-order valence-electron chi connectivity index (χ1n) is 7.63.